The molecule has 0 radical (unpaired) electrons. The van der Waals surface area contributed by atoms with Crippen LogP contribution in [0.15, 0.2) is 0 Å². The molecule has 1 aromatic heterocycles. The normalized spacial score (nSPS) is 10.9. The number of nitrogens with zero attached hydrogens (tertiary/aromatic N) is 2. The molecule has 2 amide bonds. The summed E-state index contributed by atoms with van der Waals surface area (Å²) < 4.78 is 0. The van der Waals surface area contributed by atoms with Crippen molar-refractivity contribution < 1.29 is 9.59 Å². The number of amides is 2. The molecule has 7 heteroatoms. The van der Waals surface area contributed by atoms with Gasteiger partial charge >= 0.3 is 0 Å². The van der Waals surface area contributed by atoms with E-state index < -0.39 is 0 Å². The fourth-order valence-corrected chi connectivity index (χ4v) is 2.43. The van der Waals surface area contributed by atoms with Crippen LogP contribution in [-0.2, 0) is 9.59 Å². The maximum atomic E-state index is 11.8. The Morgan fingerprint density at radius 1 is 1.25 bits per heavy atom. The number of thiazole rings is 1. The van der Waals surface area contributed by atoms with Gasteiger partial charge in [-0.1, -0.05) is 0 Å². The van der Waals surface area contributed by atoms with E-state index in [0.717, 1.165) is 10.6 Å². The molecule has 1 aromatic rings. The quantitative estimate of drug-likeness (QED) is 0.826. The molecule has 2 N–H and O–H groups in total. The lowest BCUT2D eigenvalue weighted by Crippen LogP contribution is -2.41. The van der Waals surface area contributed by atoms with Crippen LogP contribution >= 0.6 is 11.3 Å². The molecule has 0 aliphatic heterocycles. The fraction of sp³-hybridized carbons (Fsp3) is 0.615. The molecule has 0 unspecified atom stereocenters. The van der Waals surface area contributed by atoms with E-state index in [4.69, 9.17) is 0 Å². The standard InChI is InChI=1S/C13H22N4O2S/c1-8(2)14-11(18)6-17(5)7-12(19)16-13-15-9(3)10(4)20-13/h8H,6-7H2,1-5H3,(H,14,18)(H,15,16,19). The van der Waals surface area contributed by atoms with Gasteiger partial charge in [0.2, 0.25) is 11.8 Å². The summed E-state index contributed by atoms with van der Waals surface area (Å²) in [6, 6.07) is 0.103. The molecule has 0 saturated heterocycles. The number of hydrogen-bond donors (Lipinski definition) is 2. The van der Waals surface area contributed by atoms with Crippen LogP contribution in [0, 0.1) is 13.8 Å². The van der Waals surface area contributed by atoms with Gasteiger partial charge in [-0.05, 0) is 34.7 Å². The predicted molar refractivity (Wildman–Crippen MR) is 81.0 cm³/mol. The molecule has 0 bridgehead atoms. The molecular formula is C13H22N4O2S. The molecular weight excluding hydrogens is 276 g/mol. The Bertz CT molecular complexity index is 465. The van der Waals surface area contributed by atoms with Gasteiger partial charge in [-0.2, -0.15) is 0 Å². The van der Waals surface area contributed by atoms with E-state index in [1.54, 1.807) is 11.9 Å². The number of hydrogen-bond acceptors (Lipinski definition) is 5. The van der Waals surface area contributed by atoms with E-state index in [0.29, 0.717) is 5.13 Å². The Balaban J connectivity index is 2.40. The summed E-state index contributed by atoms with van der Waals surface area (Å²) >= 11 is 1.45. The number of aromatic nitrogens is 1. The van der Waals surface area contributed by atoms with Crippen LogP contribution in [-0.4, -0.2) is 47.9 Å². The predicted octanol–water partition coefficient (Wildman–Crippen LogP) is 1.15. The third kappa shape index (κ3) is 5.66. The smallest absolute Gasteiger partial charge is 0.240 e. The van der Waals surface area contributed by atoms with Crippen molar-refractivity contribution in [1.29, 1.82) is 0 Å². The van der Waals surface area contributed by atoms with Crippen molar-refractivity contribution in [2.45, 2.75) is 33.7 Å². The van der Waals surface area contributed by atoms with Gasteiger partial charge in [0.1, 0.15) is 0 Å². The first-order valence-corrected chi connectivity index (χ1v) is 7.31. The topological polar surface area (TPSA) is 74.3 Å². The highest BCUT2D eigenvalue weighted by molar-refractivity contribution is 7.15. The SMILES string of the molecule is Cc1nc(NC(=O)CN(C)CC(=O)NC(C)C)sc1C. The average Bonchev–Trinajstić information content (AvgIpc) is 2.55. The molecule has 112 valence electrons. The fourth-order valence-electron chi connectivity index (χ4n) is 1.60. The number of likely N-dealkylation sites (N-methyl/N-ethyl adjacent to an activating group) is 1. The first-order valence-electron chi connectivity index (χ1n) is 6.49. The summed E-state index contributed by atoms with van der Waals surface area (Å²) in [4.78, 5) is 30.4. The first kappa shape index (κ1) is 16.6. The van der Waals surface area contributed by atoms with Crippen LogP contribution in [0.2, 0.25) is 0 Å². The van der Waals surface area contributed by atoms with Gasteiger partial charge in [-0.3, -0.25) is 14.5 Å². The number of rotatable bonds is 6. The minimum atomic E-state index is -0.168. The summed E-state index contributed by atoms with van der Waals surface area (Å²) in [5.74, 6) is -0.255. The monoisotopic (exact) mass is 298 g/mol. The van der Waals surface area contributed by atoms with E-state index in [1.165, 1.54) is 11.3 Å². The summed E-state index contributed by atoms with van der Waals surface area (Å²) in [5, 5.41) is 6.13. The molecule has 1 rings (SSSR count). The summed E-state index contributed by atoms with van der Waals surface area (Å²) in [5.41, 5.74) is 0.926. The van der Waals surface area contributed by atoms with Gasteiger partial charge in [-0.25, -0.2) is 4.98 Å². The zero-order valence-corrected chi connectivity index (χ0v) is 13.4. The van der Waals surface area contributed by atoms with Crippen LogP contribution in [0.3, 0.4) is 0 Å². The molecule has 0 aliphatic carbocycles. The summed E-state index contributed by atoms with van der Waals surface area (Å²) in [6.45, 7) is 8.02. The van der Waals surface area contributed by atoms with Crippen molar-refractivity contribution in [2.24, 2.45) is 0 Å². The Morgan fingerprint density at radius 2 is 1.85 bits per heavy atom. The number of carbonyl (C=O) groups excluding carboxylic acids is 2. The lowest BCUT2D eigenvalue weighted by atomic mass is 10.4. The van der Waals surface area contributed by atoms with Crippen molar-refractivity contribution in [3.8, 4) is 0 Å². The second-order valence-electron chi connectivity index (χ2n) is 5.10. The Labute approximate surface area is 123 Å². The van der Waals surface area contributed by atoms with Crippen LogP contribution in [0.1, 0.15) is 24.4 Å². The Morgan fingerprint density at radius 3 is 2.35 bits per heavy atom. The molecule has 0 aliphatic rings. The summed E-state index contributed by atoms with van der Waals surface area (Å²) in [6.07, 6.45) is 0. The van der Waals surface area contributed by atoms with Crippen molar-refractivity contribution in [2.75, 3.05) is 25.5 Å². The Kier molecular flexibility index (Phi) is 6.09. The lowest BCUT2D eigenvalue weighted by molar-refractivity contribution is -0.123. The van der Waals surface area contributed by atoms with E-state index in [-0.39, 0.29) is 30.9 Å². The second-order valence-corrected chi connectivity index (χ2v) is 6.31. The zero-order chi connectivity index (χ0) is 15.3. The molecule has 0 aromatic carbocycles. The minimum Gasteiger partial charge on any atom is -0.353 e. The van der Waals surface area contributed by atoms with Crippen LogP contribution in [0.4, 0.5) is 5.13 Å². The number of carbonyl (C=O) groups is 2. The van der Waals surface area contributed by atoms with E-state index in [9.17, 15) is 9.59 Å². The van der Waals surface area contributed by atoms with Gasteiger partial charge < -0.3 is 10.6 Å². The Hall–Kier alpha value is -1.47. The number of anilines is 1. The van der Waals surface area contributed by atoms with Gasteiger partial charge in [0.15, 0.2) is 5.13 Å². The van der Waals surface area contributed by atoms with Crippen LogP contribution < -0.4 is 10.6 Å². The van der Waals surface area contributed by atoms with Crippen LogP contribution in [0.5, 0.6) is 0 Å². The lowest BCUT2D eigenvalue weighted by Gasteiger charge is -2.16. The van der Waals surface area contributed by atoms with E-state index >= 15 is 0 Å². The zero-order valence-electron chi connectivity index (χ0n) is 12.6. The molecule has 0 spiro atoms. The highest BCUT2D eigenvalue weighted by atomic mass is 32.1. The molecule has 6 nitrogen and oxygen atoms in total. The van der Waals surface area contributed by atoms with Crippen LogP contribution in [0.25, 0.3) is 0 Å². The van der Waals surface area contributed by atoms with Gasteiger partial charge in [0, 0.05) is 10.9 Å². The number of aryl methyl sites for hydroxylation is 2. The molecule has 1 heterocycles. The maximum absolute atomic E-state index is 11.8. The van der Waals surface area contributed by atoms with Gasteiger partial charge in [-0.15, -0.1) is 11.3 Å². The van der Waals surface area contributed by atoms with Crippen molar-refractivity contribution in [3.05, 3.63) is 10.6 Å². The van der Waals surface area contributed by atoms with Crippen molar-refractivity contribution in [3.63, 3.8) is 0 Å². The largest absolute Gasteiger partial charge is 0.353 e. The van der Waals surface area contributed by atoms with Crippen molar-refractivity contribution in [1.82, 2.24) is 15.2 Å². The molecule has 0 atom stereocenters. The third-order valence-corrected chi connectivity index (χ3v) is 3.54. The molecule has 20 heavy (non-hydrogen) atoms. The van der Waals surface area contributed by atoms with Gasteiger partial charge in [0.05, 0.1) is 18.8 Å². The van der Waals surface area contributed by atoms with Crippen molar-refractivity contribution >= 4 is 28.3 Å². The maximum Gasteiger partial charge on any atom is 0.240 e. The summed E-state index contributed by atoms with van der Waals surface area (Å²) in [7, 11) is 1.73. The molecule has 0 saturated carbocycles. The highest BCUT2D eigenvalue weighted by Crippen LogP contribution is 2.20. The minimum absolute atomic E-state index is 0.0868. The number of nitrogens with one attached hydrogen (secondary N) is 2. The van der Waals surface area contributed by atoms with E-state index in [2.05, 4.69) is 15.6 Å². The average molecular weight is 298 g/mol. The second kappa shape index (κ2) is 7.35. The first-order chi connectivity index (χ1) is 9.27. The molecule has 0 fully saturated rings. The van der Waals surface area contributed by atoms with Gasteiger partial charge in [0.25, 0.3) is 0 Å². The third-order valence-electron chi connectivity index (χ3n) is 2.55. The van der Waals surface area contributed by atoms with E-state index in [1.807, 2.05) is 27.7 Å². The highest BCUT2D eigenvalue weighted by Gasteiger charge is 2.13.